The maximum Gasteiger partial charge on any atom is 0.243 e. The number of sulfonamides is 1. The van der Waals surface area contributed by atoms with E-state index in [9.17, 15) is 17.2 Å². The first-order valence-electron chi connectivity index (χ1n) is 5.45. The van der Waals surface area contributed by atoms with Crippen molar-refractivity contribution in [2.24, 2.45) is 0 Å². The molecule has 0 aliphatic carbocycles. The Hall–Kier alpha value is -1.58. The van der Waals surface area contributed by atoms with E-state index in [4.69, 9.17) is 5.73 Å². The highest BCUT2D eigenvalue weighted by Crippen LogP contribution is 2.21. The maximum atomic E-state index is 13.5. The molecule has 0 aliphatic rings. The molecule has 0 aliphatic heterocycles. The number of aryl methyl sites for hydroxylation is 1. The number of nitrogen functional groups attached to an aromatic ring is 1. The third-order valence-corrected chi connectivity index (χ3v) is 4.78. The summed E-state index contributed by atoms with van der Waals surface area (Å²) in [5.41, 5.74) is 4.82. The van der Waals surface area contributed by atoms with Crippen molar-refractivity contribution < 1.29 is 17.2 Å². The average molecular weight is 319 g/mol. The van der Waals surface area contributed by atoms with Gasteiger partial charge in [0, 0.05) is 23.7 Å². The Bertz CT molecular complexity index is 744. The lowest BCUT2D eigenvalue weighted by molar-refractivity contribution is 0.544. The van der Waals surface area contributed by atoms with Gasteiger partial charge in [0.2, 0.25) is 10.0 Å². The highest BCUT2D eigenvalue weighted by molar-refractivity contribution is 7.89. The summed E-state index contributed by atoms with van der Waals surface area (Å²) in [6, 6.07) is 1.20. The molecule has 9 heteroatoms. The normalized spacial score (nSPS) is 11.8. The number of hydrogen-bond acceptors (Lipinski definition) is 5. The molecule has 0 atom stereocenters. The molecule has 1 aromatic carbocycles. The minimum absolute atomic E-state index is 0.0233. The van der Waals surface area contributed by atoms with Crippen LogP contribution in [0, 0.1) is 18.6 Å². The number of benzene rings is 1. The second kappa shape index (κ2) is 5.43. The van der Waals surface area contributed by atoms with Crippen molar-refractivity contribution in [1.29, 1.82) is 0 Å². The molecule has 0 saturated heterocycles. The Kier molecular flexibility index (Phi) is 4.02. The van der Waals surface area contributed by atoms with Crippen molar-refractivity contribution in [3.63, 3.8) is 0 Å². The van der Waals surface area contributed by atoms with E-state index in [1.54, 1.807) is 6.92 Å². The second-order valence-corrected chi connectivity index (χ2v) is 7.03. The molecule has 0 spiro atoms. The molecule has 20 heavy (non-hydrogen) atoms. The molecule has 0 bridgehead atoms. The number of nitrogens with two attached hydrogens (primary N) is 1. The Morgan fingerprint density at radius 2 is 2.05 bits per heavy atom. The van der Waals surface area contributed by atoms with E-state index in [1.807, 2.05) is 0 Å². The molecular formula is C11H11F2N3O2S2. The van der Waals surface area contributed by atoms with Crippen LogP contribution in [0.3, 0.4) is 0 Å². The predicted octanol–water partition coefficient (Wildman–Crippen LogP) is 1.79. The number of nitrogens with one attached hydrogen (secondary N) is 1. The number of thiazole rings is 1. The van der Waals surface area contributed by atoms with Gasteiger partial charge in [-0.1, -0.05) is 0 Å². The number of aromatic nitrogens is 1. The fourth-order valence-corrected chi connectivity index (χ4v) is 3.41. The topological polar surface area (TPSA) is 85.1 Å². The first-order chi connectivity index (χ1) is 9.29. The summed E-state index contributed by atoms with van der Waals surface area (Å²) in [6.45, 7) is 1.76. The monoisotopic (exact) mass is 319 g/mol. The quantitative estimate of drug-likeness (QED) is 0.841. The minimum Gasteiger partial charge on any atom is -0.396 e. The van der Waals surface area contributed by atoms with E-state index in [-0.39, 0.29) is 6.54 Å². The lowest BCUT2D eigenvalue weighted by Crippen LogP contribution is -2.24. The van der Waals surface area contributed by atoms with Gasteiger partial charge in [0.25, 0.3) is 0 Å². The Morgan fingerprint density at radius 1 is 1.35 bits per heavy atom. The van der Waals surface area contributed by atoms with Crippen LogP contribution in [0.1, 0.15) is 9.88 Å². The van der Waals surface area contributed by atoms with Crippen LogP contribution in [-0.2, 0) is 16.6 Å². The highest BCUT2D eigenvalue weighted by Gasteiger charge is 2.21. The van der Waals surface area contributed by atoms with E-state index in [0.717, 1.165) is 11.1 Å². The molecule has 1 aromatic heterocycles. The lowest BCUT2D eigenvalue weighted by Gasteiger charge is -2.08. The first kappa shape index (κ1) is 14.8. The van der Waals surface area contributed by atoms with Gasteiger partial charge in [0.05, 0.1) is 10.7 Å². The van der Waals surface area contributed by atoms with Crippen LogP contribution in [0.5, 0.6) is 0 Å². The molecule has 0 fully saturated rings. The van der Waals surface area contributed by atoms with Crippen molar-refractivity contribution in [3.05, 3.63) is 39.8 Å². The lowest BCUT2D eigenvalue weighted by atomic mass is 10.3. The van der Waals surface area contributed by atoms with E-state index >= 15 is 0 Å². The van der Waals surface area contributed by atoms with Crippen LogP contribution in [0.15, 0.2) is 23.2 Å². The standard InChI is InChI=1S/C11H11F2N3O2S2/c1-6-15-4-7(19-6)5-16-20(17,18)11-3-10(14)8(12)2-9(11)13/h2-4,16H,5,14H2,1H3. The fourth-order valence-electron chi connectivity index (χ4n) is 1.48. The van der Waals surface area contributed by atoms with Gasteiger partial charge in [0.1, 0.15) is 16.5 Å². The Balaban J connectivity index is 2.24. The summed E-state index contributed by atoms with van der Waals surface area (Å²) in [5, 5.41) is 0.788. The summed E-state index contributed by atoms with van der Waals surface area (Å²) in [6.07, 6.45) is 1.53. The average Bonchev–Trinajstić information content (AvgIpc) is 2.77. The van der Waals surface area contributed by atoms with E-state index in [2.05, 4.69) is 9.71 Å². The van der Waals surface area contributed by atoms with Gasteiger partial charge >= 0.3 is 0 Å². The molecule has 0 radical (unpaired) electrons. The molecule has 0 unspecified atom stereocenters. The summed E-state index contributed by atoms with van der Waals surface area (Å²) in [4.78, 5) is 3.97. The second-order valence-electron chi connectivity index (χ2n) is 3.97. The van der Waals surface area contributed by atoms with Crippen LogP contribution in [0.25, 0.3) is 0 Å². The number of anilines is 1. The zero-order chi connectivity index (χ0) is 14.9. The molecule has 0 saturated carbocycles. The summed E-state index contributed by atoms with van der Waals surface area (Å²) in [7, 11) is -4.11. The summed E-state index contributed by atoms with van der Waals surface area (Å²) in [5.74, 6) is -2.19. The number of rotatable bonds is 4. The minimum atomic E-state index is -4.11. The van der Waals surface area contributed by atoms with Crippen molar-refractivity contribution in [1.82, 2.24) is 9.71 Å². The van der Waals surface area contributed by atoms with Crippen molar-refractivity contribution in [2.75, 3.05) is 5.73 Å². The number of hydrogen-bond donors (Lipinski definition) is 2. The molecule has 0 amide bonds. The zero-order valence-corrected chi connectivity index (χ0v) is 12.0. The van der Waals surface area contributed by atoms with Crippen molar-refractivity contribution >= 4 is 27.0 Å². The van der Waals surface area contributed by atoms with Crippen LogP contribution < -0.4 is 10.5 Å². The summed E-state index contributed by atoms with van der Waals surface area (Å²) >= 11 is 1.32. The van der Waals surface area contributed by atoms with Crippen molar-refractivity contribution in [2.45, 2.75) is 18.4 Å². The van der Waals surface area contributed by atoms with Gasteiger partial charge in [-0.05, 0) is 13.0 Å². The zero-order valence-electron chi connectivity index (χ0n) is 10.4. The number of halogens is 2. The van der Waals surface area contributed by atoms with Gasteiger partial charge in [-0.2, -0.15) is 0 Å². The summed E-state index contributed by atoms with van der Waals surface area (Å²) < 4.78 is 52.7. The molecule has 108 valence electrons. The SMILES string of the molecule is Cc1ncc(CNS(=O)(=O)c2cc(N)c(F)cc2F)s1. The van der Waals surface area contributed by atoms with E-state index < -0.39 is 32.2 Å². The molecule has 2 aromatic rings. The third-order valence-electron chi connectivity index (χ3n) is 2.45. The molecular weight excluding hydrogens is 308 g/mol. The van der Waals surface area contributed by atoms with Gasteiger partial charge in [-0.3, -0.25) is 0 Å². The largest absolute Gasteiger partial charge is 0.396 e. The molecule has 2 rings (SSSR count). The smallest absolute Gasteiger partial charge is 0.243 e. The van der Waals surface area contributed by atoms with E-state index in [1.165, 1.54) is 17.5 Å². The van der Waals surface area contributed by atoms with Crippen LogP contribution in [-0.4, -0.2) is 13.4 Å². The number of nitrogens with zero attached hydrogens (tertiary/aromatic N) is 1. The predicted molar refractivity (Wildman–Crippen MR) is 71.6 cm³/mol. The van der Waals surface area contributed by atoms with Gasteiger partial charge in [-0.15, -0.1) is 11.3 Å². The molecule has 1 heterocycles. The van der Waals surface area contributed by atoms with Crippen molar-refractivity contribution in [3.8, 4) is 0 Å². The third kappa shape index (κ3) is 3.11. The van der Waals surface area contributed by atoms with Gasteiger partial charge < -0.3 is 5.73 Å². The first-order valence-corrected chi connectivity index (χ1v) is 7.75. The maximum absolute atomic E-state index is 13.5. The van der Waals surface area contributed by atoms with Gasteiger partial charge in [-0.25, -0.2) is 26.9 Å². The highest BCUT2D eigenvalue weighted by atomic mass is 32.2. The molecule has 5 nitrogen and oxygen atoms in total. The van der Waals surface area contributed by atoms with Gasteiger partial charge in [0.15, 0.2) is 0 Å². The molecule has 3 N–H and O–H groups in total. The Labute approximate surface area is 118 Å². The van der Waals surface area contributed by atoms with E-state index in [0.29, 0.717) is 10.9 Å². The van der Waals surface area contributed by atoms with Crippen LogP contribution in [0.2, 0.25) is 0 Å². The Morgan fingerprint density at radius 3 is 2.65 bits per heavy atom. The fraction of sp³-hybridized carbons (Fsp3) is 0.182. The van der Waals surface area contributed by atoms with Crippen LogP contribution in [0.4, 0.5) is 14.5 Å². The van der Waals surface area contributed by atoms with Crippen LogP contribution >= 0.6 is 11.3 Å².